The van der Waals surface area contributed by atoms with Crippen molar-refractivity contribution in [3.63, 3.8) is 0 Å². The second-order valence-corrected chi connectivity index (χ2v) is 7.81. The SMILES string of the molecule is CC(C)Oc1c(C(C)C(=O)NC(C)c2nccnc2Cl)cc(Cl)c(F)c1Br. The molecule has 5 nitrogen and oxygen atoms in total. The van der Waals surface area contributed by atoms with Crippen LogP contribution < -0.4 is 10.1 Å². The normalized spacial score (nSPS) is 13.4. The van der Waals surface area contributed by atoms with Gasteiger partial charge in [-0.05, 0) is 49.7 Å². The molecule has 0 spiro atoms. The lowest BCUT2D eigenvalue weighted by molar-refractivity contribution is -0.122. The second-order valence-electron chi connectivity index (χ2n) is 6.26. The summed E-state index contributed by atoms with van der Waals surface area (Å²) in [5, 5.41) is 2.95. The Hall–Kier alpha value is -1.44. The molecule has 1 aromatic heterocycles. The van der Waals surface area contributed by atoms with Crippen LogP contribution >= 0.6 is 39.1 Å². The molecule has 2 rings (SSSR count). The minimum absolute atomic E-state index is 0.0865. The molecule has 1 N–H and O–H groups in total. The minimum Gasteiger partial charge on any atom is -0.489 e. The van der Waals surface area contributed by atoms with Crippen LogP contribution in [0.25, 0.3) is 0 Å². The van der Waals surface area contributed by atoms with E-state index in [1.807, 2.05) is 13.8 Å². The zero-order valence-corrected chi connectivity index (χ0v) is 18.3. The lowest BCUT2D eigenvalue weighted by Gasteiger charge is -2.22. The number of carbonyl (C=O) groups excluding carboxylic acids is 1. The fourth-order valence-electron chi connectivity index (χ4n) is 2.44. The molecule has 0 saturated carbocycles. The molecule has 1 amide bonds. The Balaban J connectivity index is 2.32. The molecule has 2 aromatic rings. The number of nitrogens with zero attached hydrogens (tertiary/aromatic N) is 2. The van der Waals surface area contributed by atoms with Crippen molar-refractivity contribution in [3.8, 4) is 5.75 Å². The number of hydrogen-bond donors (Lipinski definition) is 1. The highest BCUT2D eigenvalue weighted by molar-refractivity contribution is 9.10. The fraction of sp³-hybridized carbons (Fsp3) is 0.389. The molecule has 9 heteroatoms. The Morgan fingerprint density at radius 3 is 2.44 bits per heavy atom. The maximum Gasteiger partial charge on any atom is 0.227 e. The third-order valence-corrected chi connectivity index (χ3v) is 5.08. The molecule has 0 aliphatic carbocycles. The van der Waals surface area contributed by atoms with Gasteiger partial charge in [-0.15, -0.1) is 0 Å². The standard InChI is InChI=1S/C18H19BrCl2FN3O2/c1-8(2)27-16-11(7-12(20)14(22)13(16)19)9(3)18(26)25-10(4)15-17(21)24-6-5-23-15/h5-10H,1-4H3,(H,25,26). The van der Waals surface area contributed by atoms with Crippen molar-refractivity contribution >= 4 is 45.0 Å². The van der Waals surface area contributed by atoms with Crippen LogP contribution in [-0.4, -0.2) is 22.0 Å². The number of aromatic nitrogens is 2. The van der Waals surface area contributed by atoms with E-state index in [9.17, 15) is 9.18 Å². The summed E-state index contributed by atoms with van der Waals surface area (Å²) in [6, 6.07) is 0.943. The highest BCUT2D eigenvalue weighted by Crippen LogP contribution is 2.40. The summed E-state index contributed by atoms with van der Waals surface area (Å²) in [6.45, 7) is 7.06. The predicted octanol–water partition coefficient (Wildman–Crippen LogP) is 5.45. The number of amides is 1. The van der Waals surface area contributed by atoms with E-state index >= 15 is 0 Å². The van der Waals surface area contributed by atoms with Crippen LogP contribution in [0.2, 0.25) is 10.2 Å². The van der Waals surface area contributed by atoms with Gasteiger partial charge in [0.2, 0.25) is 5.91 Å². The summed E-state index contributed by atoms with van der Waals surface area (Å²) in [6.07, 6.45) is 2.75. The number of ether oxygens (including phenoxy) is 1. The number of hydrogen-bond acceptors (Lipinski definition) is 4. The van der Waals surface area contributed by atoms with Crippen molar-refractivity contribution < 1.29 is 13.9 Å². The largest absolute Gasteiger partial charge is 0.489 e. The third-order valence-electron chi connectivity index (χ3n) is 3.81. The molecule has 2 unspecified atom stereocenters. The summed E-state index contributed by atoms with van der Waals surface area (Å²) >= 11 is 15.2. The van der Waals surface area contributed by atoms with Gasteiger partial charge in [-0.2, -0.15) is 0 Å². The monoisotopic (exact) mass is 477 g/mol. The van der Waals surface area contributed by atoms with Crippen LogP contribution in [-0.2, 0) is 4.79 Å². The molecule has 0 saturated heterocycles. The minimum atomic E-state index is -0.661. The van der Waals surface area contributed by atoms with Gasteiger partial charge in [-0.25, -0.2) is 9.37 Å². The van der Waals surface area contributed by atoms with Crippen molar-refractivity contribution in [2.24, 2.45) is 0 Å². The molecule has 1 heterocycles. The van der Waals surface area contributed by atoms with Crippen LogP contribution in [0, 0.1) is 5.82 Å². The van der Waals surface area contributed by atoms with E-state index in [-0.39, 0.29) is 32.4 Å². The molecule has 0 radical (unpaired) electrons. The Labute approximate surface area is 175 Å². The Kier molecular flexibility index (Phi) is 7.42. The average Bonchev–Trinajstić information content (AvgIpc) is 2.61. The van der Waals surface area contributed by atoms with Gasteiger partial charge in [0.25, 0.3) is 0 Å². The number of nitrogens with one attached hydrogen (secondary N) is 1. The summed E-state index contributed by atoms with van der Waals surface area (Å²) in [5.41, 5.74) is 0.925. The highest BCUT2D eigenvalue weighted by Gasteiger charge is 2.27. The Bertz CT molecular complexity index is 852. The van der Waals surface area contributed by atoms with Gasteiger partial charge < -0.3 is 10.1 Å². The van der Waals surface area contributed by atoms with Gasteiger partial charge in [0.15, 0.2) is 11.0 Å². The van der Waals surface area contributed by atoms with E-state index in [0.29, 0.717) is 11.3 Å². The summed E-state index contributed by atoms with van der Waals surface area (Å²) < 4.78 is 20.0. The van der Waals surface area contributed by atoms with Gasteiger partial charge in [0, 0.05) is 18.0 Å². The number of carbonyl (C=O) groups is 1. The fourth-order valence-corrected chi connectivity index (χ4v) is 3.57. The molecule has 0 bridgehead atoms. The summed E-state index contributed by atoms with van der Waals surface area (Å²) in [5.74, 6) is -1.36. The Morgan fingerprint density at radius 2 is 1.85 bits per heavy atom. The molecular formula is C18H19BrCl2FN3O2. The molecule has 27 heavy (non-hydrogen) atoms. The van der Waals surface area contributed by atoms with Crippen LogP contribution in [0.1, 0.15) is 50.9 Å². The summed E-state index contributed by atoms with van der Waals surface area (Å²) in [7, 11) is 0. The van der Waals surface area contributed by atoms with E-state index in [0.717, 1.165) is 0 Å². The number of benzene rings is 1. The second kappa shape index (κ2) is 9.17. The van der Waals surface area contributed by atoms with Gasteiger partial charge in [0.1, 0.15) is 5.75 Å². The molecule has 2 atom stereocenters. The maximum absolute atomic E-state index is 14.2. The van der Waals surface area contributed by atoms with Crippen LogP contribution in [0.4, 0.5) is 4.39 Å². The van der Waals surface area contributed by atoms with Gasteiger partial charge in [-0.1, -0.05) is 23.2 Å². The lowest BCUT2D eigenvalue weighted by atomic mass is 9.98. The van der Waals surface area contributed by atoms with Crippen LogP contribution in [0.15, 0.2) is 22.9 Å². The van der Waals surface area contributed by atoms with Crippen LogP contribution in [0.3, 0.4) is 0 Å². The molecule has 146 valence electrons. The van der Waals surface area contributed by atoms with Gasteiger partial charge >= 0.3 is 0 Å². The first kappa shape index (κ1) is 21.9. The van der Waals surface area contributed by atoms with E-state index < -0.39 is 17.8 Å². The van der Waals surface area contributed by atoms with Gasteiger partial charge in [0.05, 0.1) is 33.3 Å². The number of rotatable bonds is 6. The topological polar surface area (TPSA) is 64.1 Å². The molecule has 0 fully saturated rings. The maximum atomic E-state index is 14.2. The first-order chi connectivity index (χ1) is 12.6. The molecule has 1 aromatic carbocycles. The van der Waals surface area contributed by atoms with E-state index in [2.05, 4.69) is 31.2 Å². The Morgan fingerprint density at radius 1 is 1.22 bits per heavy atom. The van der Waals surface area contributed by atoms with E-state index in [1.54, 1.807) is 13.8 Å². The first-order valence-corrected chi connectivity index (χ1v) is 9.79. The van der Waals surface area contributed by atoms with Crippen LogP contribution in [0.5, 0.6) is 5.75 Å². The molecular weight excluding hydrogens is 460 g/mol. The van der Waals surface area contributed by atoms with Crippen molar-refractivity contribution in [1.82, 2.24) is 15.3 Å². The van der Waals surface area contributed by atoms with Gasteiger partial charge in [-0.3, -0.25) is 9.78 Å². The van der Waals surface area contributed by atoms with E-state index in [1.165, 1.54) is 18.5 Å². The lowest BCUT2D eigenvalue weighted by Crippen LogP contribution is -2.31. The number of halogens is 4. The van der Waals surface area contributed by atoms with Crippen molar-refractivity contribution in [1.29, 1.82) is 0 Å². The molecule has 0 aliphatic rings. The third kappa shape index (κ3) is 5.09. The predicted molar refractivity (Wildman–Crippen MR) is 107 cm³/mol. The average molecular weight is 479 g/mol. The van der Waals surface area contributed by atoms with E-state index in [4.69, 9.17) is 27.9 Å². The van der Waals surface area contributed by atoms with Crippen molar-refractivity contribution in [2.75, 3.05) is 0 Å². The molecule has 0 aliphatic heterocycles. The smallest absolute Gasteiger partial charge is 0.227 e. The van der Waals surface area contributed by atoms with Crippen molar-refractivity contribution in [2.45, 2.75) is 45.8 Å². The summed E-state index contributed by atoms with van der Waals surface area (Å²) in [4.78, 5) is 20.9. The highest BCUT2D eigenvalue weighted by atomic mass is 79.9. The quantitative estimate of drug-likeness (QED) is 0.560. The first-order valence-electron chi connectivity index (χ1n) is 8.24. The zero-order valence-electron chi connectivity index (χ0n) is 15.2. The zero-order chi connectivity index (χ0) is 20.3. The van der Waals surface area contributed by atoms with Crippen molar-refractivity contribution in [3.05, 3.63) is 50.2 Å².